The summed E-state index contributed by atoms with van der Waals surface area (Å²) in [7, 11) is 1.49. The van der Waals surface area contributed by atoms with Gasteiger partial charge in [0.05, 0.1) is 24.6 Å². The number of carbonyl (C=O) groups is 3. The molecule has 6 rings (SSSR count). The van der Waals surface area contributed by atoms with Crippen molar-refractivity contribution in [1.29, 1.82) is 0 Å². The Bertz CT molecular complexity index is 862. The van der Waals surface area contributed by atoms with Gasteiger partial charge in [-0.25, -0.2) is 0 Å². The highest BCUT2D eigenvalue weighted by Crippen LogP contribution is 2.65. The summed E-state index contributed by atoms with van der Waals surface area (Å²) >= 11 is 5.98. The summed E-state index contributed by atoms with van der Waals surface area (Å²) in [6.07, 6.45) is 5.35. The molecule has 0 radical (unpaired) electrons. The smallest absolute Gasteiger partial charge is 0.244 e. The monoisotopic (exact) mass is 386 g/mol. The lowest BCUT2D eigenvalue weighted by molar-refractivity contribution is -0.142. The Kier molecular flexibility index (Phi) is 3.63. The lowest BCUT2D eigenvalue weighted by Gasteiger charge is -2.37. The number of hydrogen-bond acceptors (Lipinski definition) is 4. The van der Waals surface area contributed by atoms with Crippen molar-refractivity contribution in [3.63, 3.8) is 0 Å². The zero-order valence-electron chi connectivity index (χ0n) is 14.7. The molecule has 140 valence electrons. The average molecular weight is 387 g/mol. The Hall–Kier alpha value is -2.34. The first-order valence-corrected chi connectivity index (χ1v) is 9.54. The SMILES string of the molecule is COc1ccc(Cl)cc1NC(=O)CN1C(=O)[C@H]2[C@@H]3C=C[C@H]([C@H]4C[C@H]34)[C@@H]2C1=O. The first-order chi connectivity index (χ1) is 13.0. The Labute approximate surface area is 161 Å². The number of nitrogens with zero attached hydrogens (tertiary/aromatic N) is 1. The zero-order chi connectivity index (χ0) is 18.9. The second kappa shape index (κ2) is 5.83. The first-order valence-electron chi connectivity index (χ1n) is 9.16. The minimum absolute atomic E-state index is 0.155. The molecule has 2 bridgehead atoms. The number of likely N-dealkylation sites (tertiary alicyclic amines) is 1. The van der Waals surface area contributed by atoms with E-state index in [0.29, 0.717) is 28.3 Å². The average Bonchev–Trinajstić information content (AvgIpc) is 3.43. The standard InChI is InChI=1S/C20H19ClN2O4/c1-27-15-5-2-9(21)6-14(15)22-16(24)8-23-19(25)17-10-3-4-11(13-7-12(10)13)18(17)20(23)26/h2-6,10-13,17-18H,7-8H2,1H3,(H,22,24)/t10-,11-,12-,13-,17+,18+/m1/s1. The Morgan fingerprint density at radius 1 is 1.19 bits per heavy atom. The summed E-state index contributed by atoms with van der Waals surface area (Å²) in [5.74, 6) is 0.430. The maximum Gasteiger partial charge on any atom is 0.244 e. The Morgan fingerprint density at radius 2 is 1.81 bits per heavy atom. The molecule has 6 nitrogen and oxygen atoms in total. The number of carbonyl (C=O) groups excluding carboxylic acids is 3. The predicted octanol–water partition coefficient (Wildman–Crippen LogP) is 2.34. The number of imide groups is 1. The fourth-order valence-electron chi connectivity index (χ4n) is 5.29. The van der Waals surface area contributed by atoms with Crippen molar-refractivity contribution >= 4 is 35.0 Å². The number of anilines is 1. The molecule has 27 heavy (non-hydrogen) atoms. The highest BCUT2D eigenvalue weighted by molar-refractivity contribution is 6.31. The third kappa shape index (κ3) is 2.42. The second-order valence-electron chi connectivity index (χ2n) is 7.81. The minimum Gasteiger partial charge on any atom is -0.495 e. The van der Waals surface area contributed by atoms with Gasteiger partial charge in [-0.2, -0.15) is 0 Å². The van der Waals surface area contributed by atoms with Crippen LogP contribution < -0.4 is 10.1 Å². The van der Waals surface area contributed by atoms with E-state index in [-0.39, 0.29) is 42.0 Å². The van der Waals surface area contributed by atoms with Crippen LogP contribution >= 0.6 is 11.6 Å². The third-order valence-corrected chi connectivity index (χ3v) is 6.73. The van der Waals surface area contributed by atoms with Crippen molar-refractivity contribution in [2.24, 2.45) is 35.5 Å². The molecule has 1 heterocycles. The number of amides is 3. The van der Waals surface area contributed by atoms with Crippen molar-refractivity contribution in [2.45, 2.75) is 6.42 Å². The molecule has 3 amide bonds. The fourth-order valence-corrected chi connectivity index (χ4v) is 5.46. The van der Waals surface area contributed by atoms with Gasteiger partial charge in [0.1, 0.15) is 12.3 Å². The molecule has 1 saturated heterocycles. The number of benzene rings is 1. The second-order valence-corrected chi connectivity index (χ2v) is 8.25. The van der Waals surface area contributed by atoms with Crippen molar-refractivity contribution < 1.29 is 19.1 Å². The van der Waals surface area contributed by atoms with Crippen LogP contribution in [-0.4, -0.2) is 36.3 Å². The van der Waals surface area contributed by atoms with E-state index in [2.05, 4.69) is 17.5 Å². The van der Waals surface area contributed by atoms with Crippen molar-refractivity contribution in [3.05, 3.63) is 35.4 Å². The van der Waals surface area contributed by atoms with Gasteiger partial charge < -0.3 is 10.1 Å². The number of hydrogen-bond donors (Lipinski definition) is 1. The van der Waals surface area contributed by atoms with E-state index < -0.39 is 5.91 Å². The highest BCUT2D eigenvalue weighted by Gasteiger charge is 2.67. The van der Waals surface area contributed by atoms with Gasteiger partial charge in [-0.05, 0) is 48.3 Å². The number of rotatable bonds is 4. The van der Waals surface area contributed by atoms with Gasteiger partial charge in [-0.3, -0.25) is 19.3 Å². The maximum atomic E-state index is 12.9. The van der Waals surface area contributed by atoms with Crippen LogP contribution in [0.3, 0.4) is 0 Å². The van der Waals surface area contributed by atoms with E-state index >= 15 is 0 Å². The van der Waals surface area contributed by atoms with Crippen molar-refractivity contribution in [3.8, 4) is 5.75 Å². The Morgan fingerprint density at radius 3 is 2.41 bits per heavy atom. The van der Waals surface area contributed by atoms with Crippen LogP contribution in [0.1, 0.15) is 6.42 Å². The summed E-state index contributed by atoms with van der Waals surface area (Å²) in [5, 5.41) is 3.15. The fraction of sp³-hybridized carbons (Fsp3) is 0.450. The van der Waals surface area contributed by atoms with Gasteiger partial charge in [0, 0.05) is 5.02 Å². The van der Waals surface area contributed by atoms with E-state index in [9.17, 15) is 14.4 Å². The highest BCUT2D eigenvalue weighted by atomic mass is 35.5. The molecule has 1 aromatic rings. The normalized spacial score (nSPS) is 35.1. The van der Waals surface area contributed by atoms with E-state index in [1.165, 1.54) is 7.11 Å². The van der Waals surface area contributed by atoms with E-state index in [0.717, 1.165) is 11.3 Å². The first kappa shape index (κ1) is 16.8. The molecule has 0 aromatic heterocycles. The molecule has 4 aliphatic carbocycles. The zero-order valence-corrected chi connectivity index (χ0v) is 15.5. The number of nitrogens with one attached hydrogen (secondary N) is 1. The van der Waals surface area contributed by atoms with Gasteiger partial charge in [0.25, 0.3) is 0 Å². The van der Waals surface area contributed by atoms with Gasteiger partial charge in [-0.1, -0.05) is 23.8 Å². The molecular weight excluding hydrogens is 368 g/mol. The van der Waals surface area contributed by atoms with Gasteiger partial charge >= 0.3 is 0 Å². The molecule has 5 aliphatic rings. The number of halogens is 1. The van der Waals surface area contributed by atoms with Gasteiger partial charge in [0.15, 0.2) is 0 Å². The van der Waals surface area contributed by atoms with E-state index in [1.807, 2.05) is 0 Å². The summed E-state index contributed by atoms with van der Waals surface area (Å²) < 4.78 is 5.21. The van der Waals surface area contributed by atoms with Gasteiger partial charge in [0.2, 0.25) is 17.7 Å². The molecule has 1 aliphatic heterocycles. The number of methoxy groups -OCH3 is 1. The van der Waals surface area contributed by atoms with Gasteiger partial charge in [-0.15, -0.1) is 0 Å². The predicted molar refractivity (Wildman–Crippen MR) is 98.1 cm³/mol. The molecule has 6 atom stereocenters. The summed E-state index contributed by atoms with van der Waals surface area (Å²) in [4.78, 5) is 39.5. The van der Waals surface area contributed by atoms with Crippen LogP contribution in [0, 0.1) is 35.5 Å². The molecule has 3 fully saturated rings. The Balaban J connectivity index is 1.33. The summed E-state index contributed by atoms with van der Waals surface area (Å²) in [6.45, 7) is -0.283. The lowest BCUT2D eigenvalue weighted by atomic mass is 9.63. The number of ether oxygens (including phenoxy) is 1. The molecule has 2 saturated carbocycles. The maximum absolute atomic E-state index is 12.9. The molecular formula is C20H19ClN2O4. The minimum atomic E-state index is -0.443. The molecule has 0 spiro atoms. The van der Waals surface area contributed by atoms with Crippen LogP contribution in [0.25, 0.3) is 0 Å². The quantitative estimate of drug-likeness (QED) is 0.636. The molecule has 7 heteroatoms. The van der Waals surface area contributed by atoms with Crippen LogP contribution in [0.5, 0.6) is 5.75 Å². The lowest BCUT2D eigenvalue weighted by Crippen LogP contribution is -2.40. The molecule has 1 aromatic carbocycles. The summed E-state index contributed by atoms with van der Waals surface area (Å²) in [6, 6.07) is 4.88. The van der Waals surface area contributed by atoms with E-state index in [4.69, 9.17) is 16.3 Å². The summed E-state index contributed by atoms with van der Waals surface area (Å²) in [5.41, 5.74) is 0.412. The van der Waals surface area contributed by atoms with Crippen LogP contribution in [0.15, 0.2) is 30.4 Å². The number of allylic oxidation sites excluding steroid dienone is 2. The van der Waals surface area contributed by atoms with Crippen molar-refractivity contribution in [2.75, 3.05) is 19.0 Å². The van der Waals surface area contributed by atoms with Crippen LogP contribution in [0.2, 0.25) is 5.02 Å². The molecule has 0 unspecified atom stereocenters. The van der Waals surface area contributed by atoms with E-state index in [1.54, 1.807) is 18.2 Å². The topological polar surface area (TPSA) is 75.7 Å². The van der Waals surface area contributed by atoms with Crippen LogP contribution in [0.4, 0.5) is 5.69 Å². The van der Waals surface area contributed by atoms with Crippen LogP contribution in [-0.2, 0) is 14.4 Å². The third-order valence-electron chi connectivity index (χ3n) is 6.49. The molecule has 1 N–H and O–H groups in total. The van der Waals surface area contributed by atoms with Crippen molar-refractivity contribution in [1.82, 2.24) is 4.90 Å². The largest absolute Gasteiger partial charge is 0.495 e.